The second-order valence-electron chi connectivity index (χ2n) is 7.21. The molecule has 10 heteroatoms. The van der Waals surface area contributed by atoms with E-state index in [9.17, 15) is 18.0 Å². The Hall–Kier alpha value is -4.34. The lowest BCUT2D eigenvalue weighted by atomic mass is 10.1. The zero-order chi connectivity index (χ0) is 24.1. The highest BCUT2D eigenvalue weighted by Crippen LogP contribution is 2.31. The second kappa shape index (κ2) is 9.65. The molecule has 0 aromatic heterocycles. The van der Waals surface area contributed by atoms with E-state index in [1.54, 1.807) is 42.5 Å². The molecular formula is C24H19F3N4O3. The van der Waals surface area contributed by atoms with Gasteiger partial charge < -0.3 is 20.5 Å². The third-order valence-electron chi connectivity index (χ3n) is 4.87. The molecule has 0 fully saturated rings. The van der Waals surface area contributed by atoms with E-state index in [0.29, 0.717) is 47.1 Å². The summed E-state index contributed by atoms with van der Waals surface area (Å²) in [4.78, 5) is 12.8. The third kappa shape index (κ3) is 5.34. The molecule has 1 aliphatic rings. The number of carbonyl (C=O) groups excluding carboxylic acids is 1. The molecule has 1 heterocycles. The Morgan fingerprint density at radius 1 is 0.971 bits per heavy atom. The summed E-state index contributed by atoms with van der Waals surface area (Å²) in [5.41, 5.74) is 6.92. The second-order valence-corrected chi connectivity index (χ2v) is 7.21. The van der Waals surface area contributed by atoms with Crippen LogP contribution >= 0.6 is 0 Å². The van der Waals surface area contributed by atoms with Gasteiger partial charge in [-0.05, 0) is 48.0 Å². The van der Waals surface area contributed by atoms with Gasteiger partial charge in [-0.25, -0.2) is 0 Å². The van der Waals surface area contributed by atoms with Crippen LogP contribution in [0.15, 0.2) is 76.9 Å². The van der Waals surface area contributed by atoms with Crippen LogP contribution in [0.4, 0.5) is 18.9 Å². The van der Waals surface area contributed by atoms with Crippen molar-refractivity contribution >= 4 is 23.6 Å². The first-order chi connectivity index (χ1) is 16.3. The van der Waals surface area contributed by atoms with Crippen molar-refractivity contribution in [3.05, 3.63) is 89.0 Å². The smallest absolute Gasteiger partial charge is 0.416 e. The van der Waals surface area contributed by atoms with Gasteiger partial charge in [-0.2, -0.15) is 18.3 Å². The largest absolute Gasteiger partial charge is 0.486 e. The number of alkyl halides is 3. The highest BCUT2D eigenvalue weighted by Gasteiger charge is 2.29. The van der Waals surface area contributed by atoms with Crippen molar-refractivity contribution in [3.63, 3.8) is 0 Å². The number of nitrogens with zero attached hydrogens (tertiary/aromatic N) is 2. The zero-order valence-corrected chi connectivity index (χ0v) is 17.7. The van der Waals surface area contributed by atoms with Crippen molar-refractivity contribution in [1.29, 1.82) is 0 Å². The summed E-state index contributed by atoms with van der Waals surface area (Å²) in [6.07, 6.45) is -3.13. The van der Waals surface area contributed by atoms with Crippen LogP contribution in [-0.4, -0.2) is 31.2 Å². The minimum atomic E-state index is -4.41. The van der Waals surface area contributed by atoms with Gasteiger partial charge in [0.05, 0.1) is 17.5 Å². The molecular weight excluding hydrogens is 449 g/mol. The maximum absolute atomic E-state index is 12.8. The summed E-state index contributed by atoms with van der Waals surface area (Å²) < 4.78 is 49.0. The van der Waals surface area contributed by atoms with Crippen LogP contribution in [0.25, 0.3) is 0 Å². The fourth-order valence-corrected chi connectivity index (χ4v) is 3.16. The van der Waals surface area contributed by atoms with Gasteiger partial charge >= 0.3 is 6.18 Å². The van der Waals surface area contributed by atoms with Gasteiger partial charge in [0, 0.05) is 11.1 Å². The first-order valence-corrected chi connectivity index (χ1v) is 10.2. The number of hydrogen-bond acceptors (Lipinski definition) is 5. The van der Waals surface area contributed by atoms with Crippen LogP contribution < -0.4 is 20.5 Å². The normalized spacial score (nSPS) is 13.7. The first-order valence-electron chi connectivity index (χ1n) is 10.2. The van der Waals surface area contributed by atoms with Crippen molar-refractivity contribution in [2.75, 3.05) is 18.5 Å². The van der Waals surface area contributed by atoms with Crippen molar-refractivity contribution in [1.82, 2.24) is 0 Å². The van der Waals surface area contributed by atoms with E-state index in [2.05, 4.69) is 15.5 Å². The van der Waals surface area contributed by atoms with E-state index in [0.717, 1.165) is 12.1 Å². The van der Waals surface area contributed by atoms with E-state index in [-0.39, 0.29) is 11.7 Å². The van der Waals surface area contributed by atoms with E-state index < -0.39 is 11.7 Å². The molecule has 34 heavy (non-hydrogen) atoms. The predicted molar refractivity (Wildman–Crippen MR) is 122 cm³/mol. The number of halogens is 3. The van der Waals surface area contributed by atoms with E-state index in [4.69, 9.17) is 15.2 Å². The van der Waals surface area contributed by atoms with Gasteiger partial charge in [0.15, 0.2) is 17.3 Å². The van der Waals surface area contributed by atoms with Crippen LogP contribution in [0.3, 0.4) is 0 Å². The Bertz CT molecular complexity index is 1260. The molecule has 7 nitrogen and oxygen atoms in total. The molecule has 4 rings (SSSR count). The number of fused-ring (bicyclic) bond motifs is 1. The third-order valence-corrected chi connectivity index (χ3v) is 4.87. The minimum absolute atomic E-state index is 0.0150. The maximum atomic E-state index is 12.8. The van der Waals surface area contributed by atoms with Crippen molar-refractivity contribution in [3.8, 4) is 11.5 Å². The molecule has 3 N–H and O–H groups in total. The van der Waals surface area contributed by atoms with E-state index in [1.807, 2.05) is 0 Å². The van der Waals surface area contributed by atoms with Crippen molar-refractivity contribution < 1.29 is 27.4 Å². The van der Waals surface area contributed by atoms with Crippen LogP contribution in [0.1, 0.15) is 27.0 Å². The predicted octanol–water partition coefficient (Wildman–Crippen LogP) is 4.47. The number of carbonyl (C=O) groups is 1. The number of rotatable bonds is 5. The van der Waals surface area contributed by atoms with Crippen molar-refractivity contribution in [2.24, 2.45) is 15.9 Å². The molecule has 0 radical (unpaired) electrons. The topological polar surface area (TPSA) is 98.3 Å². The summed E-state index contributed by atoms with van der Waals surface area (Å²) >= 11 is 0. The zero-order valence-electron chi connectivity index (χ0n) is 17.7. The minimum Gasteiger partial charge on any atom is -0.486 e. The van der Waals surface area contributed by atoms with Gasteiger partial charge in [0.2, 0.25) is 0 Å². The van der Waals surface area contributed by atoms with Crippen LogP contribution in [0, 0.1) is 0 Å². The van der Waals surface area contributed by atoms with E-state index >= 15 is 0 Å². The highest BCUT2D eigenvalue weighted by molar-refractivity contribution is 6.10. The summed E-state index contributed by atoms with van der Waals surface area (Å²) in [6, 6.07) is 16.1. The van der Waals surface area contributed by atoms with Crippen LogP contribution in [0.2, 0.25) is 0 Å². The van der Waals surface area contributed by atoms with Gasteiger partial charge in [0.1, 0.15) is 13.2 Å². The molecule has 0 aliphatic carbocycles. The standard InChI is InChI=1S/C24H19F3N4O3/c25-24(26,27)17-8-5-15(6-9-17)14-29-31-22(28)18-3-1-2-4-19(18)30-23(32)16-7-10-20-21(13-16)34-12-11-33-20/h1-10,13-14H,11-12H2,(H2,28,31)(H,30,32)/b29-14+. The summed E-state index contributed by atoms with van der Waals surface area (Å²) in [7, 11) is 0. The fourth-order valence-electron chi connectivity index (χ4n) is 3.16. The quantitative estimate of drug-likeness (QED) is 0.328. The molecule has 0 bridgehead atoms. The van der Waals surface area contributed by atoms with Crippen LogP contribution in [0.5, 0.6) is 11.5 Å². The first kappa shape index (κ1) is 22.8. The molecule has 1 amide bonds. The number of nitrogens with two attached hydrogens (primary N) is 1. The average Bonchev–Trinajstić information content (AvgIpc) is 2.83. The number of hydrogen-bond donors (Lipinski definition) is 2. The Balaban J connectivity index is 1.48. The Labute approximate surface area is 192 Å². The number of anilines is 1. The summed E-state index contributed by atoms with van der Waals surface area (Å²) in [5, 5.41) is 10.6. The molecule has 0 atom stereocenters. The molecule has 3 aromatic rings. The molecule has 0 saturated heterocycles. The summed E-state index contributed by atoms with van der Waals surface area (Å²) in [6.45, 7) is 0.854. The number of amidine groups is 1. The average molecular weight is 468 g/mol. The molecule has 0 saturated carbocycles. The van der Waals surface area contributed by atoms with E-state index in [1.165, 1.54) is 18.3 Å². The van der Waals surface area contributed by atoms with Gasteiger partial charge in [-0.3, -0.25) is 4.79 Å². The lowest BCUT2D eigenvalue weighted by molar-refractivity contribution is -0.137. The SMILES string of the molecule is N/C(=N\N=C\c1ccc(C(F)(F)F)cc1)c1ccccc1NC(=O)c1ccc2c(c1)OCCO2. The van der Waals surface area contributed by atoms with Gasteiger partial charge in [0.25, 0.3) is 5.91 Å². The monoisotopic (exact) mass is 468 g/mol. The molecule has 174 valence electrons. The molecule has 1 aliphatic heterocycles. The fraction of sp³-hybridized carbons (Fsp3) is 0.125. The number of benzene rings is 3. The molecule has 0 unspecified atom stereocenters. The molecule has 0 spiro atoms. The summed E-state index contributed by atoms with van der Waals surface area (Å²) in [5.74, 6) is 0.697. The number of para-hydroxylation sites is 1. The van der Waals surface area contributed by atoms with Crippen molar-refractivity contribution in [2.45, 2.75) is 6.18 Å². The Morgan fingerprint density at radius 3 is 2.41 bits per heavy atom. The van der Waals surface area contributed by atoms with Gasteiger partial charge in [-0.1, -0.05) is 24.3 Å². The maximum Gasteiger partial charge on any atom is 0.416 e. The highest BCUT2D eigenvalue weighted by atomic mass is 19.4. The number of nitrogens with one attached hydrogen (secondary N) is 1. The lowest BCUT2D eigenvalue weighted by Gasteiger charge is -2.18. The number of amides is 1. The Kier molecular flexibility index (Phi) is 6.48. The van der Waals surface area contributed by atoms with Crippen LogP contribution in [-0.2, 0) is 6.18 Å². The number of ether oxygens (including phenoxy) is 2. The lowest BCUT2D eigenvalue weighted by Crippen LogP contribution is -2.20. The Morgan fingerprint density at radius 2 is 1.68 bits per heavy atom. The molecule has 3 aromatic carbocycles. The van der Waals surface area contributed by atoms with Gasteiger partial charge in [-0.15, -0.1) is 5.10 Å².